The number of nitrogens with zero attached hydrogens (tertiary/aromatic N) is 1. The van der Waals surface area contributed by atoms with Gasteiger partial charge < -0.3 is 4.74 Å². The van der Waals surface area contributed by atoms with E-state index >= 15 is 0 Å². The number of hydrogen-bond acceptors (Lipinski definition) is 3. The van der Waals surface area contributed by atoms with Gasteiger partial charge in [0.1, 0.15) is 6.61 Å². The van der Waals surface area contributed by atoms with Gasteiger partial charge in [-0.25, -0.2) is 4.79 Å². The van der Waals surface area contributed by atoms with Crippen LogP contribution in [0.25, 0.3) is 0 Å². The zero-order valence-electron chi connectivity index (χ0n) is 12.5. The zero-order chi connectivity index (χ0) is 14.4. The van der Waals surface area contributed by atoms with Gasteiger partial charge in [0.05, 0.1) is 5.56 Å². The molecule has 1 aliphatic heterocycles. The van der Waals surface area contributed by atoms with Crippen LogP contribution in [0, 0.1) is 5.92 Å². The third-order valence-electron chi connectivity index (χ3n) is 4.31. The van der Waals surface area contributed by atoms with Crippen molar-refractivity contribution in [3.05, 3.63) is 35.9 Å². The van der Waals surface area contributed by atoms with E-state index in [0.29, 0.717) is 18.2 Å². The Hall–Kier alpha value is -1.35. The summed E-state index contributed by atoms with van der Waals surface area (Å²) in [5, 5.41) is 0. The lowest BCUT2D eigenvalue weighted by atomic mass is 9.92. The molecule has 0 bridgehead atoms. The summed E-state index contributed by atoms with van der Waals surface area (Å²) in [5.41, 5.74) is 0.630. The first-order valence-corrected chi connectivity index (χ1v) is 7.67. The largest absolute Gasteiger partial charge is 0.461 e. The van der Waals surface area contributed by atoms with E-state index in [1.165, 1.54) is 19.3 Å². The van der Waals surface area contributed by atoms with Crippen LogP contribution < -0.4 is 0 Å². The minimum atomic E-state index is -0.220. The van der Waals surface area contributed by atoms with Crippen molar-refractivity contribution in [2.75, 3.05) is 19.7 Å². The highest BCUT2D eigenvalue weighted by Crippen LogP contribution is 2.23. The van der Waals surface area contributed by atoms with Gasteiger partial charge in [-0.1, -0.05) is 31.5 Å². The topological polar surface area (TPSA) is 29.5 Å². The molecule has 2 rings (SSSR count). The maximum Gasteiger partial charge on any atom is 0.338 e. The molecule has 0 radical (unpaired) electrons. The van der Waals surface area contributed by atoms with E-state index < -0.39 is 0 Å². The number of ether oxygens (including phenoxy) is 1. The molecule has 110 valence electrons. The predicted molar refractivity (Wildman–Crippen MR) is 80.8 cm³/mol. The number of rotatable bonds is 5. The number of likely N-dealkylation sites (tertiary alicyclic amines) is 1. The van der Waals surface area contributed by atoms with Gasteiger partial charge in [-0.05, 0) is 37.8 Å². The number of benzene rings is 1. The van der Waals surface area contributed by atoms with E-state index in [1.807, 2.05) is 18.2 Å². The summed E-state index contributed by atoms with van der Waals surface area (Å²) in [5.74, 6) is 0.582. The number of esters is 1. The molecule has 0 N–H and O–H groups in total. The summed E-state index contributed by atoms with van der Waals surface area (Å²) in [7, 11) is 0. The van der Waals surface area contributed by atoms with Crippen molar-refractivity contribution < 1.29 is 9.53 Å². The fourth-order valence-corrected chi connectivity index (χ4v) is 2.82. The van der Waals surface area contributed by atoms with Crippen LogP contribution in [0.4, 0.5) is 0 Å². The second-order valence-electron chi connectivity index (χ2n) is 5.70. The lowest BCUT2D eigenvalue weighted by Gasteiger charge is -2.37. The van der Waals surface area contributed by atoms with Crippen molar-refractivity contribution in [1.29, 1.82) is 0 Å². The van der Waals surface area contributed by atoms with Gasteiger partial charge in [0.15, 0.2) is 0 Å². The number of piperidine rings is 1. The van der Waals surface area contributed by atoms with Crippen LogP contribution in [0.5, 0.6) is 0 Å². The molecule has 20 heavy (non-hydrogen) atoms. The van der Waals surface area contributed by atoms with Gasteiger partial charge >= 0.3 is 5.97 Å². The number of carbonyl (C=O) groups excluding carboxylic acids is 1. The summed E-state index contributed by atoms with van der Waals surface area (Å²) in [6, 6.07) is 9.80. The van der Waals surface area contributed by atoms with Gasteiger partial charge in [0.2, 0.25) is 0 Å². The van der Waals surface area contributed by atoms with Crippen LogP contribution in [0.1, 0.15) is 43.5 Å². The number of carbonyl (C=O) groups is 1. The highest BCUT2D eigenvalue weighted by Gasteiger charge is 2.24. The average molecular weight is 275 g/mol. The molecular formula is C17H25NO2. The van der Waals surface area contributed by atoms with Crippen molar-refractivity contribution in [2.45, 2.75) is 39.2 Å². The van der Waals surface area contributed by atoms with Crippen molar-refractivity contribution in [1.82, 2.24) is 4.90 Å². The van der Waals surface area contributed by atoms with E-state index in [9.17, 15) is 4.79 Å². The molecule has 0 spiro atoms. The van der Waals surface area contributed by atoms with Crippen LogP contribution in [0.15, 0.2) is 30.3 Å². The molecule has 2 unspecified atom stereocenters. The van der Waals surface area contributed by atoms with Gasteiger partial charge in [-0.2, -0.15) is 0 Å². The van der Waals surface area contributed by atoms with E-state index in [4.69, 9.17) is 4.74 Å². The Kier molecular flexibility index (Phi) is 5.60. The van der Waals surface area contributed by atoms with Gasteiger partial charge in [-0.3, -0.25) is 4.90 Å². The fraction of sp³-hybridized carbons (Fsp3) is 0.588. The molecule has 1 aromatic carbocycles. The quantitative estimate of drug-likeness (QED) is 0.772. The van der Waals surface area contributed by atoms with Gasteiger partial charge in [-0.15, -0.1) is 0 Å². The predicted octanol–water partition coefficient (Wildman–Crippen LogP) is 3.35. The Morgan fingerprint density at radius 2 is 2.05 bits per heavy atom. The first-order chi connectivity index (χ1) is 9.70. The molecule has 3 nitrogen and oxygen atoms in total. The van der Waals surface area contributed by atoms with Crippen LogP contribution in [0.3, 0.4) is 0 Å². The maximum absolute atomic E-state index is 11.8. The normalized spacial score (nSPS) is 23.5. The lowest BCUT2D eigenvalue weighted by molar-refractivity contribution is 0.0376. The van der Waals surface area contributed by atoms with Crippen molar-refractivity contribution in [2.24, 2.45) is 5.92 Å². The highest BCUT2D eigenvalue weighted by atomic mass is 16.5. The van der Waals surface area contributed by atoms with Crippen molar-refractivity contribution >= 4 is 5.97 Å². The Bertz CT molecular complexity index is 418. The SMILES string of the molecule is CCC1CCC(C)N(CCOC(=O)c2ccccc2)C1. The smallest absolute Gasteiger partial charge is 0.338 e. The second-order valence-corrected chi connectivity index (χ2v) is 5.70. The average Bonchev–Trinajstić information content (AvgIpc) is 2.50. The Morgan fingerprint density at radius 3 is 2.75 bits per heavy atom. The lowest BCUT2D eigenvalue weighted by Crippen LogP contribution is -2.43. The van der Waals surface area contributed by atoms with Crippen LogP contribution in [-0.4, -0.2) is 36.6 Å². The summed E-state index contributed by atoms with van der Waals surface area (Å²) in [6.45, 7) is 6.99. The molecule has 1 aliphatic rings. The van der Waals surface area contributed by atoms with E-state index in [0.717, 1.165) is 19.0 Å². The third kappa shape index (κ3) is 4.07. The highest BCUT2D eigenvalue weighted by molar-refractivity contribution is 5.89. The van der Waals surface area contributed by atoms with Crippen LogP contribution in [0.2, 0.25) is 0 Å². The summed E-state index contributed by atoms with van der Waals surface area (Å²) >= 11 is 0. The minimum absolute atomic E-state index is 0.220. The molecule has 1 aromatic rings. The molecule has 0 aliphatic carbocycles. The maximum atomic E-state index is 11.8. The Labute approximate surface area is 121 Å². The molecule has 3 heteroatoms. The molecular weight excluding hydrogens is 250 g/mol. The molecule has 1 fully saturated rings. The third-order valence-corrected chi connectivity index (χ3v) is 4.31. The molecule has 0 aromatic heterocycles. The molecule has 0 amide bonds. The molecule has 0 saturated carbocycles. The van der Waals surface area contributed by atoms with Crippen LogP contribution >= 0.6 is 0 Å². The summed E-state index contributed by atoms with van der Waals surface area (Å²) < 4.78 is 5.37. The standard InChI is InChI=1S/C17H25NO2/c1-3-15-10-9-14(2)18(13-15)11-12-20-17(19)16-7-5-4-6-8-16/h4-8,14-15H,3,9-13H2,1-2H3. The first-order valence-electron chi connectivity index (χ1n) is 7.67. The Morgan fingerprint density at radius 1 is 1.30 bits per heavy atom. The van der Waals surface area contributed by atoms with Crippen molar-refractivity contribution in [3.63, 3.8) is 0 Å². The molecule has 2 atom stereocenters. The Balaban J connectivity index is 1.76. The van der Waals surface area contributed by atoms with Gasteiger partial charge in [0.25, 0.3) is 0 Å². The second kappa shape index (κ2) is 7.44. The van der Waals surface area contributed by atoms with E-state index in [2.05, 4.69) is 18.7 Å². The summed E-state index contributed by atoms with van der Waals surface area (Å²) in [6.07, 6.45) is 3.83. The number of hydrogen-bond donors (Lipinski definition) is 0. The van der Waals surface area contributed by atoms with Gasteiger partial charge in [0, 0.05) is 19.1 Å². The van der Waals surface area contributed by atoms with E-state index in [1.54, 1.807) is 12.1 Å². The zero-order valence-corrected chi connectivity index (χ0v) is 12.5. The summed E-state index contributed by atoms with van der Waals surface area (Å²) in [4.78, 5) is 14.3. The van der Waals surface area contributed by atoms with Crippen LogP contribution in [-0.2, 0) is 4.74 Å². The molecule has 1 saturated heterocycles. The monoisotopic (exact) mass is 275 g/mol. The van der Waals surface area contributed by atoms with E-state index in [-0.39, 0.29) is 5.97 Å². The van der Waals surface area contributed by atoms with Crippen molar-refractivity contribution in [3.8, 4) is 0 Å². The minimum Gasteiger partial charge on any atom is -0.461 e. The molecule has 1 heterocycles. The fourth-order valence-electron chi connectivity index (χ4n) is 2.82. The first kappa shape index (κ1) is 15.0.